The molecule has 4 aromatic rings. The molecule has 0 amide bonds. The minimum absolute atomic E-state index is 0.644. The highest BCUT2D eigenvalue weighted by Crippen LogP contribution is 2.38. The molecule has 1 N–H and O–H groups in total. The lowest BCUT2D eigenvalue weighted by molar-refractivity contribution is 0.337. The molecule has 5 heteroatoms. The first-order chi connectivity index (χ1) is 15.2. The van der Waals surface area contributed by atoms with Gasteiger partial charge in [-0.1, -0.05) is 24.3 Å². The molecular formula is C26H25N5. The summed E-state index contributed by atoms with van der Waals surface area (Å²) in [7, 11) is 0. The number of benzene rings is 1. The maximum atomic E-state index is 7.27. The van der Waals surface area contributed by atoms with Crippen LogP contribution in [0.5, 0.6) is 0 Å². The van der Waals surface area contributed by atoms with E-state index in [9.17, 15) is 0 Å². The minimum atomic E-state index is 0.644. The van der Waals surface area contributed by atoms with E-state index >= 15 is 0 Å². The molecule has 154 valence electrons. The number of aromatic nitrogens is 3. The molecule has 0 radical (unpaired) electrons. The summed E-state index contributed by atoms with van der Waals surface area (Å²) in [5.74, 6) is 0.694. The van der Waals surface area contributed by atoms with Crippen LogP contribution in [-0.2, 0) is 6.54 Å². The first-order valence-electron chi connectivity index (χ1n) is 10.8. The molecule has 1 aromatic carbocycles. The van der Waals surface area contributed by atoms with Crippen LogP contribution in [0.2, 0.25) is 0 Å². The van der Waals surface area contributed by atoms with E-state index in [0.717, 1.165) is 53.2 Å². The summed E-state index contributed by atoms with van der Waals surface area (Å²) in [6.07, 6.45) is 8.52. The smallest absolute Gasteiger partial charge is 0.187 e. The van der Waals surface area contributed by atoms with Gasteiger partial charge in [-0.2, -0.15) is 0 Å². The van der Waals surface area contributed by atoms with Crippen LogP contribution in [-0.4, -0.2) is 27.6 Å². The van der Waals surface area contributed by atoms with Crippen molar-refractivity contribution in [1.29, 1.82) is 0 Å². The fourth-order valence-electron chi connectivity index (χ4n) is 4.48. The molecule has 0 atom stereocenters. The van der Waals surface area contributed by atoms with Gasteiger partial charge in [-0.3, -0.25) is 9.97 Å². The zero-order chi connectivity index (χ0) is 21.2. The summed E-state index contributed by atoms with van der Waals surface area (Å²) < 4.78 is 2.35. The van der Waals surface area contributed by atoms with E-state index in [1.807, 2.05) is 49.6 Å². The SMILES string of the molecule is [C-]#[N+]c1ccc(-c2c(-c3ccc(C)nc3)ncc3c2ccn3CC2CCNCC2)cc1. The van der Waals surface area contributed by atoms with E-state index in [1.54, 1.807) is 0 Å². The summed E-state index contributed by atoms with van der Waals surface area (Å²) in [5.41, 5.74) is 6.89. The zero-order valence-corrected chi connectivity index (χ0v) is 17.7. The Balaban J connectivity index is 1.65. The predicted molar refractivity (Wildman–Crippen MR) is 125 cm³/mol. The van der Waals surface area contributed by atoms with Gasteiger partial charge in [0, 0.05) is 41.1 Å². The fraction of sp³-hybridized carbons (Fsp3) is 0.269. The molecule has 3 aromatic heterocycles. The Labute approximate surface area is 182 Å². The Bertz CT molecular complexity index is 1240. The van der Waals surface area contributed by atoms with Crippen molar-refractivity contribution in [3.8, 4) is 22.4 Å². The third-order valence-electron chi connectivity index (χ3n) is 6.21. The summed E-state index contributed by atoms with van der Waals surface area (Å²) >= 11 is 0. The predicted octanol–water partition coefficient (Wildman–Crippen LogP) is 5.62. The highest BCUT2D eigenvalue weighted by molar-refractivity contribution is 6.01. The lowest BCUT2D eigenvalue weighted by Crippen LogP contribution is -2.29. The monoisotopic (exact) mass is 407 g/mol. The molecule has 5 nitrogen and oxygen atoms in total. The van der Waals surface area contributed by atoms with Crippen LogP contribution >= 0.6 is 0 Å². The van der Waals surface area contributed by atoms with E-state index in [0.29, 0.717) is 11.6 Å². The summed E-state index contributed by atoms with van der Waals surface area (Å²) in [6.45, 7) is 12.5. The highest BCUT2D eigenvalue weighted by Gasteiger charge is 2.18. The van der Waals surface area contributed by atoms with E-state index in [2.05, 4.69) is 38.0 Å². The van der Waals surface area contributed by atoms with Crippen molar-refractivity contribution in [2.45, 2.75) is 26.3 Å². The summed E-state index contributed by atoms with van der Waals surface area (Å²) in [4.78, 5) is 12.9. The van der Waals surface area contributed by atoms with Gasteiger partial charge >= 0.3 is 0 Å². The molecule has 0 spiro atoms. The third kappa shape index (κ3) is 3.83. The van der Waals surface area contributed by atoms with Crippen molar-refractivity contribution < 1.29 is 0 Å². The van der Waals surface area contributed by atoms with E-state index in [4.69, 9.17) is 11.6 Å². The van der Waals surface area contributed by atoms with Crippen LogP contribution in [0.4, 0.5) is 5.69 Å². The first kappa shape index (κ1) is 19.5. The van der Waals surface area contributed by atoms with Crippen molar-refractivity contribution >= 4 is 16.6 Å². The molecule has 1 fully saturated rings. The molecule has 1 aliphatic rings. The minimum Gasteiger partial charge on any atom is -0.346 e. The quantitative estimate of drug-likeness (QED) is 0.446. The number of hydrogen-bond acceptors (Lipinski definition) is 3. The average molecular weight is 408 g/mol. The third-order valence-corrected chi connectivity index (χ3v) is 6.21. The normalized spacial score (nSPS) is 14.6. The van der Waals surface area contributed by atoms with Crippen molar-refractivity contribution in [3.05, 3.63) is 78.2 Å². The lowest BCUT2D eigenvalue weighted by Gasteiger charge is -2.23. The second-order valence-electron chi connectivity index (χ2n) is 8.29. The molecule has 31 heavy (non-hydrogen) atoms. The van der Waals surface area contributed by atoms with Crippen molar-refractivity contribution in [1.82, 2.24) is 19.9 Å². The number of nitrogens with zero attached hydrogens (tertiary/aromatic N) is 4. The molecule has 1 aliphatic heterocycles. The van der Waals surface area contributed by atoms with Gasteiger partial charge in [0.2, 0.25) is 0 Å². The van der Waals surface area contributed by atoms with Gasteiger partial charge in [-0.05, 0) is 62.5 Å². The van der Waals surface area contributed by atoms with Gasteiger partial charge in [0.1, 0.15) is 0 Å². The van der Waals surface area contributed by atoms with Gasteiger partial charge in [-0.25, -0.2) is 4.85 Å². The van der Waals surface area contributed by atoms with Crippen LogP contribution in [0.15, 0.2) is 61.1 Å². The van der Waals surface area contributed by atoms with Crippen LogP contribution in [0, 0.1) is 19.4 Å². The second kappa shape index (κ2) is 8.33. The number of hydrogen-bond donors (Lipinski definition) is 1. The van der Waals surface area contributed by atoms with Gasteiger partial charge in [-0.15, -0.1) is 0 Å². The highest BCUT2D eigenvalue weighted by atomic mass is 15.0. The number of rotatable bonds is 4. The van der Waals surface area contributed by atoms with Crippen LogP contribution in [0.25, 0.3) is 38.1 Å². The molecule has 0 aliphatic carbocycles. The van der Waals surface area contributed by atoms with E-state index in [1.165, 1.54) is 18.2 Å². The molecule has 0 saturated carbocycles. The average Bonchev–Trinajstić information content (AvgIpc) is 3.22. The van der Waals surface area contributed by atoms with Crippen LogP contribution in [0.1, 0.15) is 18.5 Å². The first-order valence-corrected chi connectivity index (χ1v) is 10.8. The molecule has 4 heterocycles. The van der Waals surface area contributed by atoms with Gasteiger partial charge < -0.3 is 9.88 Å². The Kier molecular flexibility index (Phi) is 5.23. The Hall–Kier alpha value is -3.49. The summed E-state index contributed by atoms with van der Waals surface area (Å²) in [5, 5.41) is 4.64. The molecule has 5 rings (SSSR count). The Morgan fingerprint density at radius 2 is 1.77 bits per heavy atom. The Morgan fingerprint density at radius 3 is 2.48 bits per heavy atom. The second-order valence-corrected chi connectivity index (χ2v) is 8.29. The number of aryl methyl sites for hydroxylation is 1. The molecular weight excluding hydrogens is 382 g/mol. The topological polar surface area (TPSA) is 47.1 Å². The van der Waals surface area contributed by atoms with Crippen LogP contribution in [0.3, 0.4) is 0 Å². The van der Waals surface area contributed by atoms with Crippen molar-refractivity contribution in [3.63, 3.8) is 0 Å². The standard InChI is InChI=1S/C26H25N5/c1-18-3-4-21(15-29-18)26-25(20-5-7-22(27-2)8-6-20)23-11-14-31(24(23)16-30-26)17-19-9-12-28-13-10-19/h3-8,11,14-16,19,28H,9-10,12-13,17H2,1H3. The lowest BCUT2D eigenvalue weighted by atomic mass is 9.96. The van der Waals surface area contributed by atoms with Gasteiger partial charge in [0.25, 0.3) is 0 Å². The van der Waals surface area contributed by atoms with Gasteiger partial charge in [0.05, 0.1) is 24.0 Å². The maximum absolute atomic E-state index is 7.27. The summed E-state index contributed by atoms with van der Waals surface area (Å²) in [6, 6.07) is 14.1. The number of piperidine rings is 1. The number of nitrogens with one attached hydrogen (secondary N) is 1. The van der Waals surface area contributed by atoms with E-state index in [-0.39, 0.29) is 0 Å². The zero-order valence-electron chi connectivity index (χ0n) is 17.7. The number of fused-ring (bicyclic) bond motifs is 1. The Morgan fingerprint density at radius 1 is 1.00 bits per heavy atom. The van der Waals surface area contributed by atoms with Crippen molar-refractivity contribution in [2.75, 3.05) is 13.1 Å². The molecule has 0 unspecified atom stereocenters. The van der Waals surface area contributed by atoms with Gasteiger partial charge in [0.15, 0.2) is 5.69 Å². The number of pyridine rings is 2. The van der Waals surface area contributed by atoms with Crippen LogP contribution < -0.4 is 5.32 Å². The molecule has 1 saturated heterocycles. The molecule has 0 bridgehead atoms. The van der Waals surface area contributed by atoms with Crippen molar-refractivity contribution in [2.24, 2.45) is 5.92 Å². The fourth-order valence-corrected chi connectivity index (χ4v) is 4.48. The largest absolute Gasteiger partial charge is 0.346 e. The van der Waals surface area contributed by atoms with E-state index < -0.39 is 0 Å². The maximum Gasteiger partial charge on any atom is 0.187 e.